The van der Waals surface area contributed by atoms with E-state index in [2.05, 4.69) is 5.32 Å². The van der Waals surface area contributed by atoms with Crippen molar-refractivity contribution in [1.82, 2.24) is 10.2 Å². The lowest BCUT2D eigenvalue weighted by atomic mass is 10.0. The highest BCUT2D eigenvalue weighted by molar-refractivity contribution is 5.93. The van der Waals surface area contributed by atoms with Gasteiger partial charge in [0.25, 0.3) is 11.8 Å². The first-order chi connectivity index (χ1) is 11.7. The Kier molecular flexibility index (Phi) is 5.15. The Bertz CT molecular complexity index is 662. The summed E-state index contributed by atoms with van der Waals surface area (Å²) in [7, 11) is 0. The predicted molar refractivity (Wildman–Crippen MR) is 87.7 cm³/mol. The first-order valence-corrected chi connectivity index (χ1v) is 8.01. The van der Waals surface area contributed by atoms with E-state index in [1.54, 1.807) is 11.0 Å². The molecule has 3 rings (SSSR count). The van der Waals surface area contributed by atoms with Crippen molar-refractivity contribution in [2.24, 2.45) is 0 Å². The molecule has 0 aliphatic carbocycles. The van der Waals surface area contributed by atoms with Crippen molar-refractivity contribution in [3.63, 3.8) is 0 Å². The quantitative estimate of drug-likeness (QED) is 0.912. The summed E-state index contributed by atoms with van der Waals surface area (Å²) in [5, 5.41) is 2.96. The second-order valence-electron chi connectivity index (χ2n) is 5.75. The van der Waals surface area contributed by atoms with Crippen LogP contribution in [0.4, 0.5) is 0 Å². The van der Waals surface area contributed by atoms with E-state index in [9.17, 15) is 9.59 Å². The van der Waals surface area contributed by atoms with Crippen molar-refractivity contribution in [3.05, 3.63) is 54.5 Å². The number of nitrogens with one attached hydrogen (secondary N) is 1. The van der Waals surface area contributed by atoms with E-state index >= 15 is 0 Å². The fraction of sp³-hybridized carbons (Fsp3) is 0.333. The molecule has 24 heavy (non-hydrogen) atoms. The number of hydrogen-bond donors (Lipinski definition) is 1. The van der Waals surface area contributed by atoms with Gasteiger partial charge in [-0.05, 0) is 31.0 Å². The zero-order chi connectivity index (χ0) is 16.8. The first-order valence-electron chi connectivity index (χ1n) is 8.01. The van der Waals surface area contributed by atoms with Crippen molar-refractivity contribution >= 4 is 11.8 Å². The maximum Gasteiger partial charge on any atom is 0.258 e. The molecule has 6 heteroatoms. The average Bonchev–Trinajstić information content (AvgIpc) is 3.16. The van der Waals surface area contributed by atoms with Crippen LogP contribution in [0.1, 0.15) is 23.2 Å². The summed E-state index contributed by atoms with van der Waals surface area (Å²) < 4.78 is 10.4. The summed E-state index contributed by atoms with van der Waals surface area (Å²) >= 11 is 0. The van der Waals surface area contributed by atoms with E-state index in [1.165, 1.54) is 12.5 Å². The van der Waals surface area contributed by atoms with Gasteiger partial charge in [0.15, 0.2) is 6.61 Å². The molecule has 0 unspecified atom stereocenters. The summed E-state index contributed by atoms with van der Waals surface area (Å²) in [6.07, 6.45) is 4.42. The monoisotopic (exact) mass is 328 g/mol. The van der Waals surface area contributed by atoms with Crippen LogP contribution in [0, 0.1) is 0 Å². The van der Waals surface area contributed by atoms with Crippen molar-refractivity contribution in [2.75, 3.05) is 19.7 Å². The number of benzene rings is 1. The van der Waals surface area contributed by atoms with E-state index in [0.29, 0.717) is 24.4 Å². The number of carbonyl (C=O) groups excluding carboxylic acids is 2. The second kappa shape index (κ2) is 7.68. The molecule has 2 amide bonds. The number of furan rings is 1. The molecule has 0 bridgehead atoms. The molecule has 126 valence electrons. The van der Waals surface area contributed by atoms with Crippen molar-refractivity contribution in [3.8, 4) is 5.75 Å². The zero-order valence-corrected chi connectivity index (χ0v) is 13.3. The van der Waals surface area contributed by atoms with Gasteiger partial charge in [0.1, 0.15) is 12.0 Å². The number of likely N-dealkylation sites (tertiary alicyclic amines) is 1. The third-order valence-corrected chi connectivity index (χ3v) is 4.03. The van der Waals surface area contributed by atoms with Gasteiger partial charge in [-0.1, -0.05) is 18.2 Å². The van der Waals surface area contributed by atoms with Gasteiger partial charge in [-0.25, -0.2) is 0 Å². The molecule has 2 aromatic rings. The van der Waals surface area contributed by atoms with Crippen LogP contribution in [-0.4, -0.2) is 42.5 Å². The molecule has 6 nitrogen and oxygen atoms in total. The first kappa shape index (κ1) is 16.1. The Hall–Kier alpha value is -2.76. The number of rotatable bonds is 5. The number of nitrogens with zero attached hydrogens (tertiary/aromatic N) is 1. The topological polar surface area (TPSA) is 71.8 Å². The summed E-state index contributed by atoms with van der Waals surface area (Å²) in [5.74, 6) is 0.507. The molecule has 0 saturated carbocycles. The number of piperidine rings is 1. The van der Waals surface area contributed by atoms with Crippen LogP contribution in [0.2, 0.25) is 0 Å². The van der Waals surface area contributed by atoms with Crippen molar-refractivity contribution in [1.29, 1.82) is 0 Å². The third kappa shape index (κ3) is 4.16. The average molecular weight is 328 g/mol. The number of ether oxygens (including phenoxy) is 1. The van der Waals surface area contributed by atoms with Crippen LogP contribution in [0.5, 0.6) is 5.75 Å². The molecule has 1 aromatic carbocycles. The van der Waals surface area contributed by atoms with Crippen molar-refractivity contribution in [2.45, 2.75) is 18.9 Å². The molecule has 1 aliphatic rings. The largest absolute Gasteiger partial charge is 0.484 e. The molecule has 0 radical (unpaired) electrons. The minimum atomic E-state index is -0.140. The van der Waals surface area contributed by atoms with Gasteiger partial charge in [0.05, 0.1) is 11.8 Å². The SMILES string of the molecule is O=C(COc1ccccc1)NC1CCN(C(=O)c2ccoc2)CC1. The van der Waals surface area contributed by atoms with E-state index in [0.717, 1.165) is 12.8 Å². The molecule has 1 aliphatic heterocycles. The molecular formula is C18H20N2O4. The maximum absolute atomic E-state index is 12.2. The molecule has 0 spiro atoms. The van der Waals surface area contributed by atoms with Gasteiger partial charge in [-0.15, -0.1) is 0 Å². The second-order valence-corrected chi connectivity index (χ2v) is 5.75. The minimum Gasteiger partial charge on any atom is -0.484 e. The number of hydrogen-bond acceptors (Lipinski definition) is 4. The highest BCUT2D eigenvalue weighted by atomic mass is 16.5. The number of para-hydroxylation sites is 1. The molecule has 1 aromatic heterocycles. The third-order valence-electron chi connectivity index (χ3n) is 4.03. The number of amides is 2. The molecular weight excluding hydrogens is 308 g/mol. The molecule has 1 N–H and O–H groups in total. The highest BCUT2D eigenvalue weighted by Gasteiger charge is 2.25. The van der Waals surface area contributed by atoms with E-state index in [1.807, 2.05) is 30.3 Å². The Labute approximate surface area is 140 Å². The molecule has 1 saturated heterocycles. The van der Waals surface area contributed by atoms with Crippen molar-refractivity contribution < 1.29 is 18.7 Å². The Morgan fingerprint density at radius 3 is 2.58 bits per heavy atom. The van der Waals surface area contributed by atoms with E-state index in [-0.39, 0.29) is 24.5 Å². The van der Waals surface area contributed by atoms with Crippen LogP contribution in [0.3, 0.4) is 0 Å². The molecule has 2 heterocycles. The van der Waals surface area contributed by atoms with Gasteiger partial charge in [0.2, 0.25) is 0 Å². The standard InChI is InChI=1S/C18H20N2O4/c21-17(13-24-16-4-2-1-3-5-16)19-15-6-9-20(10-7-15)18(22)14-8-11-23-12-14/h1-5,8,11-12,15H,6-7,9-10,13H2,(H,19,21). The lowest BCUT2D eigenvalue weighted by molar-refractivity contribution is -0.124. The van der Waals surface area contributed by atoms with Crippen LogP contribution >= 0.6 is 0 Å². The number of carbonyl (C=O) groups is 2. The van der Waals surface area contributed by atoms with Crippen LogP contribution in [-0.2, 0) is 4.79 Å². The van der Waals surface area contributed by atoms with Gasteiger partial charge in [0, 0.05) is 19.1 Å². The zero-order valence-electron chi connectivity index (χ0n) is 13.3. The van der Waals surface area contributed by atoms with Crippen LogP contribution < -0.4 is 10.1 Å². The van der Waals surface area contributed by atoms with Crippen LogP contribution in [0.25, 0.3) is 0 Å². The minimum absolute atomic E-state index is 0.00181. The Balaban J connectivity index is 1.40. The Morgan fingerprint density at radius 2 is 1.92 bits per heavy atom. The van der Waals surface area contributed by atoms with E-state index < -0.39 is 0 Å². The fourth-order valence-corrected chi connectivity index (χ4v) is 2.73. The summed E-state index contributed by atoms with van der Waals surface area (Å²) in [5.41, 5.74) is 0.564. The smallest absolute Gasteiger partial charge is 0.258 e. The summed E-state index contributed by atoms with van der Waals surface area (Å²) in [6.45, 7) is 1.24. The predicted octanol–water partition coefficient (Wildman–Crippen LogP) is 2.08. The lowest BCUT2D eigenvalue weighted by Crippen LogP contribution is -2.47. The summed E-state index contributed by atoms with van der Waals surface area (Å²) in [4.78, 5) is 26.0. The molecule has 1 fully saturated rings. The Morgan fingerprint density at radius 1 is 1.17 bits per heavy atom. The normalized spacial score (nSPS) is 15.1. The lowest BCUT2D eigenvalue weighted by Gasteiger charge is -2.32. The maximum atomic E-state index is 12.2. The highest BCUT2D eigenvalue weighted by Crippen LogP contribution is 2.14. The van der Waals surface area contributed by atoms with Gasteiger partial charge >= 0.3 is 0 Å². The van der Waals surface area contributed by atoms with Gasteiger partial charge < -0.3 is 19.4 Å². The molecule has 0 atom stereocenters. The fourth-order valence-electron chi connectivity index (χ4n) is 2.73. The summed E-state index contributed by atoms with van der Waals surface area (Å²) in [6, 6.07) is 11.0. The van der Waals surface area contributed by atoms with Crippen LogP contribution in [0.15, 0.2) is 53.3 Å². The van der Waals surface area contributed by atoms with E-state index in [4.69, 9.17) is 9.15 Å². The van der Waals surface area contributed by atoms with Gasteiger partial charge in [-0.3, -0.25) is 9.59 Å². The van der Waals surface area contributed by atoms with Gasteiger partial charge in [-0.2, -0.15) is 0 Å².